The van der Waals surface area contributed by atoms with E-state index in [1.807, 2.05) is 12.1 Å². The topological polar surface area (TPSA) is 75.7 Å². The lowest BCUT2D eigenvalue weighted by molar-refractivity contribution is -0.198. The molecule has 2 atom stereocenters. The Morgan fingerprint density at radius 1 is 1.19 bits per heavy atom. The molecule has 2 aromatic rings. The zero-order valence-electron chi connectivity index (χ0n) is 17.7. The highest BCUT2D eigenvalue weighted by atomic mass is 16.8. The average molecular weight is 423 g/mol. The number of amides is 1. The Hall–Kier alpha value is -2.74. The Morgan fingerprint density at radius 3 is 2.87 bits per heavy atom. The van der Waals surface area contributed by atoms with E-state index < -0.39 is 0 Å². The number of likely N-dealkylation sites (tertiary alicyclic amines) is 1. The number of benzene rings is 1. The molecule has 0 radical (unpaired) electrons. The first-order valence-electron chi connectivity index (χ1n) is 11.0. The third-order valence-electron chi connectivity index (χ3n) is 5.52. The first-order valence-corrected chi connectivity index (χ1v) is 11.0. The van der Waals surface area contributed by atoms with Gasteiger partial charge in [0.05, 0.1) is 0 Å². The lowest BCUT2D eigenvalue weighted by Gasteiger charge is -2.21. The highest BCUT2D eigenvalue weighted by Crippen LogP contribution is 2.17. The van der Waals surface area contributed by atoms with Crippen LogP contribution in [0.3, 0.4) is 0 Å². The summed E-state index contributed by atoms with van der Waals surface area (Å²) < 4.78 is 5.41. The Morgan fingerprint density at radius 2 is 2.10 bits per heavy atom. The molecule has 2 aliphatic heterocycles. The van der Waals surface area contributed by atoms with Crippen LogP contribution in [0.25, 0.3) is 6.08 Å². The van der Waals surface area contributed by atoms with Crippen molar-refractivity contribution in [3.05, 3.63) is 65.9 Å². The predicted octanol–water partition coefficient (Wildman–Crippen LogP) is 3.36. The second kappa shape index (κ2) is 11.0. The summed E-state index contributed by atoms with van der Waals surface area (Å²) >= 11 is 0. The van der Waals surface area contributed by atoms with Crippen LogP contribution in [-0.4, -0.2) is 47.8 Å². The van der Waals surface area contributed by atoms with E-state index in [4.69, 9.17) is 9.57 Å². The average Bonchev–Trinajstić information content (AvgIpc) is 3.25. The second-order valence-electron chi connectivity index (χ2n) is 8.04. The van der Waals surface area contributed by atoms with Crippen LogP contribution in [0.2, 0.25) is 0 Å². The summed E-state index contributed by atoms with van der Waals surface area (Å²) in [5.74, 6) is 0.534. The lowest BCUT2D eigenvalue weighted by atomic mass is 10.2. The number of carbonyl (C=O) groups is 1. The first-order chi connectivity index (χ1) is 15.2. The molecule has 164 valence electrons. The van der Waals surface area contributed by atoms with Crippen molar-refractivity contribution in [2.75, 3.05) is 25.0 Å². The van der Waals surface area contributed by atoms with Gasteiger partial charge in [-0.15, -0.1) is 0 Å². The van der Waals surface area contributed by atoms with E-state index in [0.29, 0.717) is 12.6 Å². The van der Waals surface area contributed by atoms with Gasteiger partial charge < -0.3 is 10.1 Å². The molecule has 2 fully saturated rings. The fourth-order valence-electron chi connectivity index (χ4n) is 3.87. The SMILES string of the molecule is O=C(/C=C/c1ccc(N[C@H]2CCN(Cc3ccccc3)C2)nc1)NOC1CCCCO1. The maximum Gasteiger partial charge on any atom is 0.267 e. The van der Waals surface area contributed by atoms with Gasteiger partial charge in [-0.2, -0.15) is 0 Å². The lowest BCUT2D eigenvalue weighted by Crippen LogP contribution is -2.32. The Labute approximate surface area is 183 Å². The minimum Gasteiger partial charge on any atom is -0.366 e. The van der Waals surface area contributed by atoms with Crippen molar-refractivity contribution in [2.24, 2.45) is 0 Å². The van der Waals surface area contributed by atoms with E-state index in [1.54, 1.807) is 12.3 Å². The van der Waals surface area contributed by atoms with Crippen LogP contribution in [0.1, 0.15) is 36.8 Å². The van der Waals surface area contributed by atoms with Gasteiger partial charge in [-0.05, 0) is 48.6 Å². The number of hydroxylamine groups is 1. The molecule has 0 saturated carbocycles. The normalized spacial score (nSPS) is 21.9. The first kappa shape index (κ1) is 21.5. The minimum absolute atomic E-state index is 0.319. The van der Waals surface area contributed by atoms with Crippen LogP contribution < -0.4 is 10.8 Å². The number of carbonyl (C=O) groups excluding carboxylic acids is 1. The molecule has 0 spiro atoms. The molecular weight excluding hydrogens is 392 g/mol. The quantitative estimate of drug-likeness (QED) is 0.502. The maximum absolute atomic E-state index is 11.9. The number of hydrogen-bond acceptors (Lipinski definition) is 6. The van der Waals surface area contributed by atoms with E-state index in [1.165, 1.54) is 11.6 Å². The van der Waals surface area contributed by atoms with Gasteiger partial charge >= 0.3 is 0 Å². The smallest absolute Gasteiger partial charge is 0.267 e. The molecule has 1 unspecified atom stereocenters. The van der Waals surface area contributed by atoms with Crippen molar-refractivity contribution in [3.63, 3.8) is 0 Å². The molecule has 2 aliphatic rings. The van der Waals surface area contributed by atoms with Crippen molar-refractivity contribution in [1.29, 1.82) is 0 Å². The van der Waals surface area contributed by atoms with E-state index in [-0.39, 0.29) is 12.2 Å². The van der Waals surface area contributed by atoms with Crippen LogP contribution in [-0.2, 0) is 20.9 Å². The number of hydrogen-bond donors (Lipinski definition) is 2. The molecular formula is C24H30N4O3. The van der Waals surface area contributed by atoms with Crippen molar-refractivity contribution in [1.82, 2.24) is 15.4 Å². The third kappa shape index (κ3) is 6.89. The Kier molecular flexibility index (Phi) is 7.65. The van der Waals surface area contributed by atoms with E-state index in [0.717, 1.165) is 56.7 Å². The highest BCUT2D eigenvalue weighted by molar-refractivity contribution is 5.90. The van der Waals surface area contributed by atoms with Gasteiger partial charge in [-0.25, -0.2) is 15.3 Å². The molecule has 0 bridgehead atoms. The van der Waals surface area contributed by atoms with Crippen molar-refractivity contribution >= 4 is 17.8 Å². The van der Waals surface area contributed by atoms with Gasteiger partial charge in [0, 0.05) is 51.0 Å². The predicted molar refractivity (Wildman–Crippen MR) is 120 cm³/mol. The molecule has 31 heavy (non-hydrogen) atoms. The monoisotopic (exact) mass is 422 g/mol. The molecule has 7 nitrogen and oxygen atoms in total. The van der Waals surface area contributed by atoms with Crippen molar-refractivity contribution in [3.8, 4) is 0 Å². The molecule has 7 heteroatoms. The number of nitrogens with zero attached hydrogens (tertiary/aromatic N) is 2. The number of ether oxygens (including phenoxy) is 1. The number of anilines is 1. The fourth-order valence-corrected chi connectivity index (χ4v) is 3.87. The van der Waals surface area contributed by atoms with Crippen molar-refractivity contribution < 1.29 is 14.4 Å². The molecule has 2 saturated heterocycles. The molecule has 1 aromatic heterocycles. The summed E-state index contributed by atoms with van der Waals surface area (Å²) in [6.45, 7) is 3.74. The molecule has 0 aliphatic carbocycles. The Bertz CT molecular complexity index is 851. The van der Waals surface area contributed by atoms with Crippen LogP contribution in [0.5, 0.6) is 0 Å². The van der Waals surface area contributed by atoms with E-state index in [9.17, 15) is 4.79 Å². The van der Waals surface area contributed by atoms with Gasteiger partial charge in [-0.3, -0.25) is 9.69 Å². The van der Waals surface area contributed by atoms with Crippen LogP contribution in [0.4, 0.5) is 5.82 Å². The number of nitrogens with one attached hydrogen (secondary N) is 2. The minimum atomic E-state index is -0.350. The number of aromatic nitrogens is 1. The van der Waals surface area contributed by atoms with Gasteiger partial charge in [0.15, 0.2) is 6.29 Å². The van der Waals surface area contributed by atoms with E-state index in [2.05, 4.69) is 51.0 Å². The molecule has 4 rings (SSSR count). The molecule has 1 amide bonds. The maximum atomic E-state index is 11.9. The van der Waals surface area contributed by atoms with E-state index >= 15 is 0 Å². The number of rotatable bonds is 8. The fraction of sp³-hybridized carbons (Fsp3) is 0.417. The summed E-state index contributed by atoms with van der Waals surface area (Å²) in [6.07, 6.45) is 8.55. The standard InChI is InChI=1S/C24H30N4O3/c29-23(27-31-24-8-4-5-15-30-24)12-10-19-9-11-22(25-16-19)26-21-13-14-28(18-21)17-20-6-2-1-3-7-20/h1-3,6-7,9-12,16,21,24H,4-5,8,13-15,17-18H2,(H,25,26)(H,27,29)/b12-10+/t21-,24?/m0/s1. The van der Waals surface area contributed by atoms with Gasteiger partial charge in [-0.1, -0.05) is 30.3 Å². The van der Waals surface area contributed by atoms with Crippen LogP contribution in [0, 0.1) is 0 Å². The van der Waals surface area contributed by atoms with Gasteiger partial charge in [0.25, 0.3) is 5.91 Å². The summed E-state index contributed by atoms with van der Waals surface area (Å²) in [5.41, 5.74) is 4.61. The number of pyridine rings is 1. The highest BCUT2D eigenvalue weighted by Gasteiger charge is 2.22. The summed E-state index contributed by atoms with van der Waals surface area (Å²) in [4.78, 5) is 24.1. The second-order valence-corrected chi connectivity index (χ2v) is 8.04. The molecule has 2 N–H and O–H groups in total. The summed E-state index contributed by atoms with van der Waals surface area (Å²) in [6, 6.07) is 14.9. The zero-order valence-corrected chi connectivity index (χ0v) is 17.7. The largest absolute Gasteiger partial charge is 0.366 e. The van der Waals surface area contributed by atoms with Gasteiger partial charge in [0.2, 0.25) is 0 Å². The Balaban J connectivity index is 1.19. The summed E-state index contributed by atoms with van der Waals surface area (Å²) in [5, 5.41) is 3.52. The molecule has 3 heterocycles. The third-order valence-corrected chi connectivity index (χ3v) is 5.52. The van der Waals surface area contributed by atoms with Gasteiger partial charge in [0.1, 0.15) is 5.82 Å². The van der Waals surface area contributed by atoms with Crippen LogP contribution >= 0.6 is 0 Å². The molecule has 1 aromatic carbocycles. The van der Waals surface area contributed by atoms with Crippen molar-refractivity contribution in [2.45, 2.75) is 44.6 Å². The zero-order chi connectivity index (χ0) is 21.3. The summed E-state index contributed by atoms with van der Waals surface area (Å²) in [7, 11) is 0. The van der Waals surface area contributed by atoms with Crippen LogP contribution in [0.15, 0.2) is 54.7 Å².